The first-order valence-electron chi connectivity index (χ1n) is 10.2. The first-order valence-corrected chi connectivity index (χ1v) is 10.6. The highest BCUT2D eigenvalue weighted by molar-refractivity contribution is 6.31. The number of ether oxygens (including phenoxy) is 1. The van der Waals surface area contributed by atoms with Gasteiger partial charge in [0.1, 0.15) is 23.5 Å². The number of aryl methyl sites for hydroxylation is 1. The van der Waals surface area contributed by atoms with Crippen molar-refractivity contribution in [2.75, 3.05) is 18.0 Å². The molecule has 0 aliphatic carbocycles. The number of hydrogen-bond acceptors (Lipinski definition) is 5. The Hall–Kier alpha value is -2.92. The van der Waals surface area contributed by atoms with Crippen LogP contribution in [-0.2, 0) is 0 Å². The van der Waals surface area contributed by atoms with E-state index < -0.39 is 5.60 Å². The van der Waals surface area contributed by atoms with Crippen LogP contribution in [0.25, 0.3) is 11.3 Å². The Bertz CT molecular complexity index is 1110. The third kappa shape index (κ3) is 3.43. The van der Waals surface area contributed by atoms with Crippen LogP contribution in [0.3, 0.4) is 0 Å². The maximum atomic E-state index is 12.8. The largest absolute Gasteiger partial charge is 0.486 e. The Balaban J connectivity index is 1.34. The molecule has 0 bridgehead atoms. The van der Waals surface area contributed by atoms with Gasteiger partial charge < -0.3 is 9.64 Å². The number of carbonyl (C=O) groups is 1. The van der Waals surface area contributed by atoms with E-state index in [2.05, 4.69) is 14.9 Å². The van der Waals surface area contributed by atoms with Gasteiger partial charge in [0.05, 0.1) is 17.7 Å². The highest BCUT2D eigenvalue weighted by atomic mass is 35.5. The lowest BCUT2D eigenvalue weighted by molar-refractivity contribution is 0.0231. The lowest BCUT2D eigenvalue weighted by Gasteiger charge is -2.44. The number of benzene rings is 2. The topological polar surface area (TPSA) is 55.3 Å². The molecule has 0 saturated carbocycles. The number of rotatable bonds is 2. The number of piperidine rings is 1. The molecule has 0 unspecified atom stereocenters. The summed E-state index contributed by atoms with van der Waals surface area (Å²) >= 11 is 6.21. The van der Waals surface area contributed by atoms with Crippen molar-refractivity contribution < 1.29 is 9.53 Å². The van der Waals surface area contributed by atoms with Crippen molar-refractivity contribution in [2.45, 2.75) is 31.8 Å². The van der Waals surface area contributed by atoms with Crippen LogP contribution < -0.4 is 9.64 Å². The molecule has 1 saturated heterocycles. The Morgan fingerprint density at radius 2 is 1.83 bits per heavy atom. The minimum atomic E-state index is -0.448. The van der Waals surface area contributed by atoms with Crippen molar-refractivity contribution in [1.29, 1.82) is 0 Å². The summed E-state index contributed by atoms with van der Waals surface area (Å²) in [5, 5.41) is 0.606. The number of nitrogens with zero attached hydrogens (tertiary/aromatic N) is 3. The highest BCUT2D eigenvalue weighted by Gasteiger charge is 2.43. The fourth-order valence-corrected chi connectivity index (χ4v) is 4.49. The molecule has 0 amide bonds. The average Bonchev–Trinajstić information content (AvgIpc) is 2.77. The molecule has 1 fully saturated rings. The number of ketones is 1. The molecule has 3 aromatic rings. The average molecular weight is 420 g/mol. The van der Waals surface area contributed by atoms with Gasteiger partial charge in [-0.2, -0.15) is 0 Å². The van der Waals surface area contributed by atoms with E-state index >= 15 is 0 Å². The normalized spacial score (nSPS) is 17.5. The van der Waals surface area contributed by atoms with Crippen LogP contribution in [0.1, 0.15) is 35.2 Å². The molecule has 2 aliphatic rings. The van der Waals surface area contributed by atoms with E-state index in [-0.39, 0.29) is 5.78 Å². The van der Waals surface area contributed by atoms with Gasteiger partial charge in [-0.1, -0.05) is 41.9 Å². The summed E-state index contributed by atoms with van der Waals surface area (Å²) in [5.74, 6) is 1.68. The molecule has 0 atom stereocenters. The predicted octanol–water partition coefficient (Wildman–Crippen LogP) is 5.11. The molecule has 3 heterocycles. The van der Waals surface area contributed by atoms with Crippen molar-refractivity contribution in [1.82, 2.24) is 9.97 Å². The minimum Gasteiger partial charge on any atom is -0.486 e. The zero-order valence-electron chi connectivity index (χ0n) is 16.8. The van der Waals surface area contributed by atoms with E-state index in [9.17, 15) is 4.79 Å². The van der Waals surface area contributed by atoms with Crippen molar-refractivity contribution in [3.05, 3.63) is 71.0 Å². The van der Waals surface area contributed by atoms with Crippen molar-refractivity contribution in [3.8, 4) is 17.0 Å². The minimum absolute atomic E-state index is 0.111. The van der Waals surface area contributed by atoms with Crippen LogP contribution in [0.5, 0.6) is 5.75 Å². The second-order valence-corrected chi connectivity index (χ2v) is 8.50. The summed E-state index contributed by atoms with van der Waals surface area (Å²) in [5.41, 5.74) is 3.05. The van der Waals surface area contributed by atoms with Gasteiger partial charge >= 0.3 is 0 Å². The number of halogens is 1. The zero-order valence-corrected chi connectivity index (χ0v) is 17.5. The van der Waals surface area contributed by atoms with Gasteiger partial charge in [-0.25, -0.2) is 9.97 Å². The van der Waals surface area contributed by atoms with E-state index in [1.807, 2.05) is 49.4 Å². The Labute approximate surface area is 180 Å². The molecule has 6 heteroatoms. The first-order chi connectivity index (χ1) is 14.5. The van der Waals surface area contributed by atoms with Gasteiger partial charge in [0.25, 0.3) is 0 Å². The van der Waals surface area contributed by atoms with Gasteiger partial charge in [0.2, 0.25) is 0 Å². The number of anilines is 1. The Morgan fingerprint density at radius 3 is 2.60 bits per heavy atom. The van der Waals surface area contributed by atoms with E-state index in [1.54, 1.807) is 12.4 Å². The molecular formula is C24H22ClN3O2. The number of carbonyl (C=O) groups excluding carboxylic acids is 1. The molecule has 0 N–H and O–H groups in total. The van der Waals surface area contributed by atoms with Crippen LogP contribution in [-0.4, -0.2) is 34.4 Å². The van der Waals surface area contributed by atoms with Gasteiger partial charge in [-0.3, -0.25) is 4.79 Å². The van der Waals surface area contributed by atoms with Crippen molar-refractivity contribution in [2.24, 2.45) is 0 Å². The van der Waals surface area contributed by atoms with Crippen LogP contribution in [0.15, 0.2) is 54.9 Å². The molecule has 2 aromatic carbocycles. The van der Waals surface area contributed by atoms with Crippen molar-refractivity contribution >= 4 is 23.2 Å². The van der Waals surface area contributed by atoms with Gasteiger partial charge in [0, 0.05) is 42.6 Å². The van der Waals surface area contributed by atoms with E-state index in [0.717, 1.165) is 48.6 Å². The monoisotopic (exact) mass is 419 g/mol. The molecule has 152 valence electrons. The smallest absolute Gasteiger partial charge is 0.170 e. The maximum Gasteiger partial charge on any atom is 0.170 e. The Kier molecular flexibility index (Phi) is 4.70. The van der Waals surface area contributed by atoms with Gasteiger partial charge in [0.15, 0.2) is 5.78 Å². The molecule has 5 rings (SSSR count). The summed E-state index contributed by atoms with van der Waals surface area (Å²) in [6.07, 6.45) is 3.55. The quantitative estimate of drug-likeness (QED) is 0.577. The van der Waals surface area contributed by atoms with Crippen LogP contribution in [0.2, 0.25) is 5.02 Å². The Morgan fingerprint density at radius 1 is 1.07 bits per heavy atom. The summed E-state index contributed by atoms with van der Waals surface area (Å²) in [6.45, 7) is 3.49. The molecule has 30 heavy (non-hydrogen) atoms. The first kappa shape index (κ1) is 19.1. The fourth-order valence-electron chi connectivity index (χ4n) is 4.32. The summed E-state index contributed by atoms with van der Waals surface area (Å²) < 4.78 is 6.40. The summed E-state index contributed by atoms with van der Waals surface area (Å²) in [4.78, 5) is 24.0. The second-order valence-electron chi connectivity index (χ2n) is 8.10. The highest BCUT2D eigenvalue weighted by Crippen LogP contribution is 2.41. The van der Waals surface area contributed by atoms with E-state index in [4.69, 9.17) is 16.3 Å². The lowest BCUT2D eigenvalue weighted by Crippen LogP contribution is -2.51. The number of hydrogen-bond donors (Lipinski definition) is 0. The van der Waals surface area contributed by atoms with Crippen LogP contribution >= 0.6 is 11.6 Å². The SMILES string of the molecule is Cc1cc2c(cc1Cl)C(=O)CC1(CCN(c3cc(-c4ccccc4)ncn3)CC1)O2. The number of aromatic nitrogens is 2. The van der Waals surface area contributed by atoms with Crippen molar-refractivity contribution in [3.63, 3.8) is 0 Å². The van der Waals surface area contributed by atoms with E-state index in [1.165, 1.54) is 0 Å². The molecule has 5 nitrogen and oxygen atoms in total. The standard InChI is InChI=1S/C24H22ClN3O2/c1-16-11-22-18(12-19(16)25)21(29)14-24(30-22)7-9-28(10-8-24)23-13-20(26-15-27-23)17-5-3-2-4-6-17/h2-6,11-13,15H,7-10,14H2,1H3. The third-order valence-electron chi connectivity index (χ3n) is 6.09. The number of fused-ring (bicyclic) bond motifs is 1. The van der Waals surface area contributed by atoms with E-state index in [0.29, 0.717) is 22.8 Å². The zero-order chi connectivity index (χ0) is 20.7. The van der Waals surface area contributed by atoms with Gasteiger partial charge in [-0.15, -0.1) is 0 Å². The molecule has 2 aliphatic heterocycles. The molecule has 1 aromatic heterocycles. The molecule has 1 spiro atoms. The summed E-state index contributed by atoms with van der Waals surface area (Å²) in [7, 11) is 0. The molecule has 0 radical (unpaired) electrons. The van der Waals surface area contributed by atoms with Gasteiger partial charge in [-0.05, 0) is 24.6 Å². The van der Waals surface area contributed by atoms with Crippen LogP contribution in [0, 0.1) is 6.92 Å². The lowest BCUT2D eigenvalue weighted by atomic mass is 9.82. The maximum absolute atomic E-state index is 12.8. The number of Topliss-reactive ketones (excluding diaryl/α,β-unsaturated/α-hetero) is 1. The summed E-state index contributed by atoms with van der Waals surface area (Å²) in [6, 6.07) is 15.8. The molecular weight excluding hydrogens is 398 g/mol. The fraction of sp³-hybridized carbons (Fsp3) is 0.292. The third-order valence-corrected chi connectivity index (χ3v) is 6.50. The second kappa shape index (κ2) is 7.40. The predicted molar refractivity (Wildman–Crippen MR) is 117 cm³/mol. The van der Waals surface area contributed by atoms with Crippen LogP contribution in [0.4, 0.5) is 5.82 Å².